The molecule has 1 aromatic heterocycles. The molecule has 1 fully saturated rings. The first-order chi connectivity index (χ1) is 10.3. The molecule has 2 atom stereocenters. The minimum atomic E-state index is 0. The second kappa shape index (κ2) is 9.80. The van der Waals surface area contributed by atoms with E-state index in [2.05, 4.69) is 35.1 Å². The molecule has 4 nitrogen and oxygen atoms in total. The Bertz CT molecular complexity index is 441. The molecule has 5 heteroatoms. The van der Waals surface area contributed by atoms with E-state index in [0.717, 1.165) is 50.9 Å². The zero-order valence-corrected chi connectivity index (χ0v) is 14.4. The van der Waals surface area contributed by atoms with Gasteiger partial charge >= 0.3 is 0 Å². The molecule has 0 radical (unpaired) electrons. The summed E-state index contributed by atoms with van der Waals surface area (Å²) in [6, 6.07) is 4.13. The first-order valence-electron chi connectivity index (χ1n) is 8.19. The van der Waals surface area contributed by atoms with Gasteiger partial charge in [-0.05, 0) is 24.5 Å². The number of halogens is 1. The van der Waals surface area contributed by atoms with E-state index in [9.17, 15) is 4.79 Å². The molecule has 0 saturated carbocycles. The Morgan fingerprint density at radius 1 is 1.50 bits per heavy atom. The van der Waals surface area contributed by atoms with E-state index >= 15 is 0 Å². The van der Waals surface area contributed by atoms with Crippen molar-refractivity contribution in [3.8, 4) is 0 Å². The SMILES string of the molecule is CCCCC(CC)C(=O)N1CCNCC1c1cccnc1.Cl. The second-order valence-corrected chi connectivity index (χ2v) is 5.79. The Hall–Kier alpha value is -1.13. The molecule has 1 aliphatic rings. The van der Waals surface area contributed by atoms with Crippen LogP contribution in [0.2, 0.25) is 0 Å². The third-order valence-corrected chi connectivity index (χ3v) is 4.34. The fourth-order valence-corrected chi connectivity index (χ4v) is 3.03. The number of unbranched alkanes of at least 4 members (excludes halogenated alkanes) is 1. The fraction of sp³-hybridized carbons (Fsp3) is 0.647. The van der Waals surface area contributed by atoms with Crippen molar-refractivity contribution in [2.24, 2.45) is 5.92 Å². The molecule has 2 rings (SSSR count). The van der Waals surface area contributed by atoms with Crippen molar-refractivity contribution in [2.45, 2.75) is 45.6 Å². The van der Waals surface area contributed by atoms with Gasteiger partial charge in [0.2, 0.25) is 5.91 Å². The molecule has 1 aromatic rings. The van der Waals surface area contributed by atoms with Gasteiger partial charge in [-0.25, -0.2) is 0 Å². The fourth-order valence-electron chi connectivity index (χ4n) is 3.03. The molecular weight excluding hydrogens is 298 g/mol. The normalized spacial score (nSPS) is 19.4. The summed E-state index contributed by atoms with van der Waals surface area (Å²) >= 11 is 0. The van der Waals surface area contributed by atoms with E-state index in [1.165, 1.54) is 0 Å². The van der Waals surface area contributed by atoms with Gasteiger partial charge in [-0.1, -0.05) is 32.8 Å². The Labute approximate surface area is 140 Å². The van der Waals surface area contributed by atoms with Crippen LogP contribution in [0, 0.1) is 5.92 Å². The van der Waals surface area contributed by atoms with Gasteiger partial charge in [0.15, 0.2) is 0 Å². The molecule has 2 unspecified atom stereocenters. The van der Waals surface area contributed by atoms with Crippen molar-refractivity contribution in [2.75, 3.05) is 19.6 Å². The lowest BCUT2D eigenvalue weighted by Crippen LogP contribution is -2.50. The molecule has 0 spiro atoms. The summed E-state index contributed by atoms with van der Waals surface area (Å²) in [5.74, 6) is 0.489. The Morgan fingerprint density at radius 2 is 2.32 bits per heavy atom. The van der Waals surface area contributed by atoms with Crippen molar-refractivity contribution in [3.63, 3.8) is 0 Å². The Kier molecular flexibility index (Phi) is 8.43. The average Bonchev–Trinajstić information content (AvgIpc) is 2.56. The van der Waals surface area contributed by atoms with Crippen molar-refractivity contribution in [1.82, 2.24) is 15.2 Å². The zero-order valence-electron chi connectivity index (χ0n) is 13.6. The first-order valence-corrected chi connectivity index (χ1v) is 8.19. The largest absolute Gasteiger partial charge is 0.333 e. The number of hydrogen-bond acceptors (Lipinski definition) is 3. The Morgan fingerprint density at radius 3 is 2.95 bits per heavy atom. The summed E-state index contributed by atoms with van der Waals surface area (Å²) in [6.45, 7) is 6.80. The summed E-state index contributed by atoms with van der Waals surface area (Å²) in [7, 11) is 0. The van der Waals surface area contributed by atoms with E-state index in [-0.39, 0.29) is 24.4 Å². The molecule has 1 amide bonds. The minimum Gasteiger partial charge on any atom is -0.333 e. The summed E-state index contributed by atoms with van der Waals surface area (Å²) in [5.41, 5.74) is 1.13. The number of nitrogens with zero attached hydrogens (tertiary/aromatic N) is 2. The van der Waals surface area contributed by atoms with Crippen molar-refractivity contribution >= 4 is 18.3 Å². The lowest BCUT2D eigenvalue weighted by molar-refractivity contribution is -0.139. The van der Waals surface area contributed by atoms with Gasteiger partial charge in [-0.2, -0.15) is 0 Å². The molecule has 2 heterocycles. The van der Waals surface area contributed by atoms with Crippen LogP contribution in [0.25, 0.3) is 0 Å². The zero-order chi connectivity index (χ0) is 15.1. The van der Waals surface area contributed by atoms with Crippen molar-refractivity contribution < 1.29 is 4.79 Å². The van der Waals surface area contributed by atoms with E-state index < -0.39 is 0 Å². The van der Waals surface area contributed by atoms with Crippen LogP contribution in [0.3, 0.4) is 0 Å². The number of piperazine rings is 1. The van der Waals surface area contributed by atoms with Crippen LogP contribution >= 0.6 is 12.4 Å². The molecule has 1 saturated heterocycles. The lowest BCUT2D eigenvalue weighted by atomic mass is 9.95. The molecular formula is C17H28ClN3O. The van der Waals surface area contributed by atoms with Crippen LogP contribution in [0.4, 0.5) is 0 Å². The van der Waals surface area contributed by atoms with Gasteiger partial charge in [-0.3, -0.25) is 9.78 Å². The number of aromatic nitrogens is 1. The van der Waals surface area contributed by atoms with Crippen LogP contribution in [-0.2, 0) is 4.79 Å². The smallest absolute Gasteiger partial charge is 0.226 e. The highest BCUT2D eigenvalue weighted by atomic mass is 35.5. The second-order valence-electron chi connectivity index (χ2n) is 5.79. The third kappa shape index (κ3) is 4.68. The number of hydrogen-bond donors (Lipinski definition) is 1. The van der Waals surface area contributed by atoms with Crippen molar-refractivity contribution in [1.29, 1.82) is 0 Å². The number of carbonyl (C=O) groups excluding carboxylic acids is 1. The van der Waals surface area contributed by atoms with Gasteiger partial charge in [0.25, 0.3) is 0 Å². The number of pyridine rings is 1. The van der Waals surface area contributed by atoms with Crippen LogP contribution in [0.5, 0.6) is 0 Å². The van der Waals surface area contributed by atoms with Gasteiger partial charge < -0.3 is 10.2 Å². The van der Waals surface area contributed by atoms with Crippen LogP contribution in [0.15, 0.2) is 24.5 Å². The molecule has 1 aliphatic heterocycles. The summed E-state index contributed by atoms with van der Waals surface area (Å²) < 4.78 is 0. The van der Waals surface area contributed by atoms with Gasteiger partial charge in [-0.15, -0.1) is 12.4 Å². The predicted octanol–water partition coefficient (Wildman–Crippen LogP) is 3.19. The topological polar surface area (TPSA) is 45.2 Å². The lowest BCUT2D eigenvalue weighted by Gasteiger charge is -2.38. The summed E-state index contributed by atoms with van der Waals surface area (Å²) in [5, 5.41) is 3.40. The van der Waals surface area contributed by atoms with Crippen LogP contribution < -0.4 is 5.32 Å². The summed E-state index contributed by atoms with van der Waals surface area (Å²) in [4.78, 5) is 19.2. The molecule has 0 aliphatic carbocycles. The van der Waals surface area contributed by atoms with E-state index in [0.29, 0.717) is 5.91 Å². The molecule has 22 heavy (non-hydrogen) atoms. The highest BCUT2D eigenvalue weighted by Crippen LogP contribution is 2.26. The first kappa shape index (κ1) is 18.9. The molecule has 124 valence electrons. The quantitative estimate of drug-likeness (QED) is 0.873. The van der Waals surface area contributed by atoms with Gasteiger partial charge in [0, 0.05) is 37.9 Å². The average molecular weight is 326 g/mol. The van der Waals surface area contributed by atoms with Crippen LogP contribution in [0.1, 0.15) is 51.1 Å². The third-order valence-electron chi connectivity index (χ3n) is 4.34. The summed E-state index contributed by atoms with van der Waals surface area (Å²) in [6.07, 6.45) is 7.89. The maximum atomic E-state index is 12.9. The highest BCUT2D eigenvalue weighted by Gasteiger charge is 2.31. The van der Waals surface area contributed by atoms with Gasteiger partial charge in [0.1, 0.15) is 0 Å². The number of carbonyl (C=O) groups is 1. The van der Waals surface area contributed by atoms with E-state index in [1.54, 1.807) is 6.20 Å². The van der Waals surface area contributed by atoms with E-state index in [4.69, 9.17) is 0 Å². The maximum Gasteiger partial charge on any atom is 0.226 e. The highest BCUT2D eigenvalue weighted by molar-refractivity contribution is 5.85. The minimum absolute atomic E-state index is 0. The standard InChI is InChI=1S/C17H27N3O.ClH/c1-3-5-7-14(4-2)17(21)20-11-10-19-13-16(20)15-8-6-9-18-12-15;/h6,8-9,12,14,16,19H,3-5,7,10-11,13H2,1-2H3;1H. The Balaban J connectivity index is 0.00000242. The molecule has 0 aromatic carbocycles. The van der Waals surface area contributed by atoms with Crippen LogP contribution in [-0.4, -0.2) is 35.4 Å². The van der Waals surface area contributed by atoms with Gasteiger partial charge in [0.05, 0.1) is 6.04 Å². The predicted molar refractivity (Wildman–Crippen MR) is 92.1 cm³/mol. The maximum absolute atomic E-state index is 12.9. The molecule has 1 N–H and O–H groups in total. The number of rotatable bonds is 6. The number of nitrogens with one attached hydrogen (secondary N) is 1. The molecule has 0 bridgehead atoms. The number of amides is 1. The van der Waals surface area contributed by atoms with Crippen molar-refractivity contribution in [3.05, 3.63) is 30.1 Å². The van der Waals surface area contributed by atoms with E-state index in [1.807, 2.05) is 12.3 Å². The monoisotopic (exact) mass is 325 g/mol.